The molecule has 1 aliphatic rings. The third-order valence-corrected chi connectivity index (χ3v) is 4.77. The highest BCUT2D eigenvalue weighted by molar-refractivity contribution is 5.95. The number of oxazole rings is 1. The molecule has 1 aromatic heterocycles. The Balaban J connectivity index is 1.75. The van der Waals surface area contributed by atoms with Gasteiger partial charge in [0.15, 0.2) is 12.2 Å². The standard InChI is InChI=1S/C18H20N2O4/c1-18(9-3-2-4-14(18)17(22)23)20-16(21)13-7-5-12(6-8-13)15-10-19-11-24-15/h5-8,10-11,14H,2-4,9H2,1H3,(H,20,21)(H,22,23). The Hall–Kier alpha value is -2.63. The van der Waals surface area contributed by atoms with Crippen molar-refractivity contribution in [1.29, 1.82) is 0 Å². The van der Waals surface area contributed by atoms with Crippen LogP contribution in [-0.4, -0.2) is 27.5 Å². The van der Waals surface area contributed by atoms with Crippen LogP contribution in [0.25, 0.3) is 11.3 Å². The van der Waals surface area contributed by atoms with E-state index in [0.717, 1.165) is 18.4 Å². The van der Waals surface area contributed by atoms with Crippen LogP contribution in [0.1, 0.15) is 43.0 Å². The summed E-state index contributed by atoms with van der Waals surface area (Å²) in [5.41, 5.74) is 0.607. The van der Waals surface area contributed by atoms with Gasteiger partial charge in [-0.1, -0.05) is 25.0 Å². The Kier molecular flexibility index (Phi) is 4.38. The maximum absolute atomic E-state index is 12.5. The number of hydrogen-bond acceptors (Lipinski definition) is 4. The fourth-order valence-electron chi connectivity index (χ4n) is 3.35. The van der Waals surface area contributed by atoms with Crippen molar-refractivity contribution in [1.82, 2.24) is 10.3 Å². The number of nitrogens with zero attached hydrogens (tertiary/aromatic N) is 1. The van der Waals surface area contributed by atoms with Crippen LogP contribution in [0.4, 0.5) is 0 Å². The molecule has 126 valence electrons. The van der Waals surface area contributed by atoms with E-state index in [1.807, 2.05) is 6.92 Å². The molecule has 6 nitrogen and oxygen atoms in total. The molecule has 0 aliphatic heterocycles. The van der Waals surface area contributed by atoms with Crippen molar-refractivity contribution in [3.63, 3.8) is 0 Å². The molecule has 2 unspecified atom stereocenters. The van der Waals surface area contributed by atoms with E-state index in [1.54, 1.807) is 30.5 Å². The van der Waals surface area contributed by atoms with Crippen molar-refractivity contribution in [3.8, 4) is 11.3 Å². The SMILES string of the molecule is CC1(NC(=O)c2ccc(-c3cnco3)cc2)CCCCC1C(=O)O. The van der Waals surface area contributed by atoms with Gasteiger partial charge in [-0.2, -0.15) is 0 Å². The molecule has 1 amide bonds. The number of carboxylic acids is 1. The summed E-state index contributed by atoms with van der Waals surface area (Å²) >= 11 is 0. The van der Waals surface area contributed by atoms with Crippen LogP contribution < -0.4 is 5.32 Å². The van der Waals surface area contributed by atoms with E-state index in [1.165, 1.54) is 6.39 Å². The topological polar surface area (TPSA) is 92.4 Å². The molecule has 0 radical (unpaired) electrons. The van der Waals surface area contributed by atoms with Gasteiger partial charge in [0.2, 0.25) is 0 Å². The molecule has 1 heterocycles. The maximum Gasteiger partial charge on any atom is 0.308 e. The van der Waals surface area contributed by atoms with Crippen molar-refractivity contribution in [3.05, 3.63) is 42.4 Å². The van der Waals surface area contributed by atoms with Crippen molar-refractivity contribution in [2.45, 2.75) is 38.1 Å². The summed E-state index contributed by atoms with van der Waals surface area (Å²) in [6, 6.07) is 6.98. The van der Waals surface area contributed by atoms with E-state index < -0.39 is 17.4 Å². The number of carbonyl (C=O) groups excluding carboxylic acids is 1. The Morgan fingerprint density at radius 1 is 1.29 bits per heavy atom. The number of amides is 1. The van der Waals surface area contributed by atoms with Crippen LogP contribution in [0.15, 0.2) is 41.3 Å². The number of carbonyl (C=O) groups is 2. The monoisotopic (exact) mass is 328 g/mol. The Labute approximate surface area is 139 Å². The average molecular weight is 328 g/mol. The molecule has 24 heavy (non-hydrogen) atoms. The summed E-state index contributed by atoms with van der Waals surface area (Å²) < 4.78 is 5.22. The first-order valence-electron chi connectivity index (χ1n) is 8.04. The predicted molar refractivity (Wildman–Crippen MR) is 87.4 cm³/mol. The zero-order valence-corrected chi connectivity index (χ0v) is 13.5. The summed E-state index contributed by atoms with van der Waals surface area (Å²) in [6.07, 6.45) is 6.03. The largest absolute Gasteiger partial charge is 0.481 e. The molecule has 2 atom stereocenters. The number of rotatable bonds is 4. The Morgan fingerprint density at radius 2 is 2.04 bits per heavy atom. The van der Waals surface area contributed by atoms with Gasteiger partial charge in [-0.25, -0.2) is 4.98 Å². The fraction of sp³-hybridized carbons (Fsp3) is 0.389. The van der Waals surface area contributed by atoms with Crippen molar-refractivity contribution in [2.75, 3.05) is 0 Å². The maximum atomic E-state index is 12.5. The molecule has 3 rings (SSSR count). The first kappa shape index (κ1) is 16.2. The highest BCUT2D eigenvalue weighted by atomic mass is 16.4. The molecule has 0 saturated heterocycles. The van der Waals surface area contributed by atoms with Gasteiger partial charge < -0.3 is 14.8 Å². The molecule has 1 fully saturated rings. The first-order valence-corrected chi connectivity index (χ1v) is 8.04. The van der Waals surface area contributed by atoms with E-state index in [-0.39, 0.29) is 5.91 Å². The summed E-state index contributed by atoms with van der Waals surface area (Å²) in [5, 5.41) is 12.4. The molecule has 6 heteroatoms. The normalized spacial score (nSPS) is 23.6. The predicted octanol–water partition coefficient (Wildman–Crippen LogP) is 3.10. The van der Waals surface area contributed by atoms with Crippen molar-refractivity contribution < 1.29 is 19.1 Å². The fourth-order valence-corrected chi connectivity index (χ4v) is 3.35. The van der Waals surface area contributed by atoms with Crippen LogP contribution in [-0.2, 0) is 4.79 Å². The lowest BCUT2D eigenvalue weighted by Crippen LogP contribution is -2.55. The minimum Gasteiger partial charge on any atom is -0.481 e. The highest BCUT2D eigenvalue weighted by Gasteiger charge is 2.42. The smallest absolute Gasteiger partial charge is 0.308 e. The number of carboxylic acid groups (broad SMARTS) is 1. The highest BCUT2D eigenvalue weighted by Crippen LogP contribution is 2.34. The molecular formula is C18H20N2O4. The average Bonchev–Trinajstić information content (AvgIpc) is 3.09. The molecule has 2 N–H and O–H groups in total. The van der Waals surface area contributed by atoms with Crippen LogP contribution in [0.5, 0.6) is 0 Å². The molecule has 0 bridgehead atoms. The first-order chi connectivity index (χ1) is 11.5. The zero-order chi connectivity index (χ0) is 17.2. The second-order valence-corrected chi connectivity index (χ2v) is 6.45. The number of hydrogen-bond donors (Lipinski definition) is 2. The quantitative estimate of drug-likeness (QED) is 0.899. The molecule has 1 saturated carbocycles. The molecule has 0 spiro atoms. The van der Waals surface area contributed by atoms with Crippen LogP contribution in [0.2, 0.25) is 0 Å². The van der Waals surface area contributed by atoms with Gasteiger partial charge in [-0.15, -0.1) is 0 Å². The molecule has 1 aliphatic carbocycles. The van der Waals surface area contributed by atoms with Gasteiger partial charge in [-0.05, 0) is 31.9 Å². The lowest BCUT2D eigenvalue weighted by molar-refractivity contribution is -0.145. The minimum atomic E-state index is -0.849. The van der Waals surface area contributed by atoms with Gasteiger partial charge in [0, 0.05) is 11.1 Å². The van der Waals surface area contributed by atoms with Gasteiger partial charge in [0.25, 0.3) is 5.91 Å². The van der Waals surface area contributed by atoms with Gasteiger partial charge in [0.1, 0.15) is 0 Å². The van der Waals surface area contributed by atoms with Gasteiger partial charge in [0.05, 0.1) is 17.7 Å². The minimum absolute atomic E-state index is 0.255. The zero-order valence-electron chi connectivity index (χ0n) is 13.5. The molecule has 2 aromatic rings. The van der Waals surface area contributed by atoms with E-state index in [0.29, 0.717) is 24.2 Å². The van der Waals surface area contributed by atoms with Gasteiger partial charge in [-0.3, -0.25) is 9.59 Å². The Morgan fingerprint density at radius 3 is 2.67 bits per heavy atom. The van der Waals surface area contributed by atoms with Crippen molar-refractivity contribution >= 4 is 11.9 Å². The van der Waals surface area contributed by atoms with E-state index in [2.05, 4.69) is 10.3 Å². The summed E-state index contributed by atoms with van der Waals surface area (Å²) in [7, 11) is 0. The van der Waals surface area contributed by atoms with Crippen LogP contribution in [0.3, 0.4) is 0 Å². The van der Waals surface area contributed by atoms with Gasteiger partial charge >= 0.3 is 5.97 Å². The third kappa shape index (κ3) is 3.18. The van der Waals surface area contributed by atoms with E-state index in [9.17, 15) is 14.7 Å². The Bertz CT molecular complexity index is 724. The van der Waals surface area contributed by atoms with E-state index >= 15 is 0 Å². The van der Waals surface area contributed by atoms with Crippen LogP contribution in [0, 0.1) is 5.92 Å². The summed E-state index contributed by atoms with van der Waals surface area (Å²) in [4.78, 5) is 27.9. The molecule has 1 aromatic carbocycles. The number of nitrogens with one attached hydrogen (secondary N) is 1. The number of aromatic nitrogens is 1. The van der Waals surface area contributed by atoms with Crippen molar-refractivity contribution in [2.24, 2.45) is 5.92 Å². The second kappa shape index (κ2) is 6.47. The van der Waals surface area contributed by atoms with Crippen LogP contribution >= 0.6 is 0 Å². The lowest BCUT2D eigenvalue weighted by atomic mass is 9.73. The molecular weight excluding hydrogens is 308 g/mol. The summed E-state index contributed by atoms with van der Waals surface area (Å²) in [6.45, 7) is 1.83. The second-order valence-electron chi connectivity index (χ2n) is 6.45. The van der Waals surface area contributed by atoms with E-state index in [4.69, 9.17) is 4.42 Å². The third-order valence-electron chi connectivity index (χ3n) is 4.77. The number of aliphatic carboxylic acids is 1. The number of benzene rings is 1. The lowest BCUT2D eigenvalue weighted by Gasteiger charge is -2.39. The summed E-state index contributed by atoms with van der Waals surface area (Å²) in [5.74, 6) is -1.02.